The summed E-state index contributed by atoms with van der Waals surface area (Å²) in [5, 5.41) is 11.3. The zero-order chi connectivity index (χ0) is 16.6. The van der Waals surface area contributed by atoms with Crippen LogP contribution in [0, 0.1) is 0 Å². The molecule has 5 heteroatoms. The van der Waals surface area contributed by atoms with Crippen molar-refractivity contribution in [3.63, 3.8) is 0 Å². The SMILES string of the molecule is CCCCCCCCCCCC(=O)N[C@H](CCC)C(=O)NO. The van der Waals surface area contributed by atoms with Crippen molar-refractivity contribution < 1.29 is 14.8 Å². The Hall–Kier alpha value is -1.10. The van der Waals surface area contributed by atoms with Gasteiger partial charge in [0.25, 0.3) is 5.91 Å². The maximum absolute atomic E-state index is 11.8. The van der Waals surface area contributed by atoms with Gasteiger partial charge in [0.1, 0.15) is 6.04 Å². The van der Waals surface area contributed by atoms with E-state index in [1.807, 2.05) is 6.92 Å². The fourth-order valence-corrected chi connectivity index (χ4v) is 2.50. The molecule has 0 saturated heterocycles. The van der Waals surface area contributed by atoms with Crippen LogP contribution in [0.2, 0.25) is 0 Å². The Bertz CT molecular complexity index is 296. The van der Waals surface area contributed by atoms with Crippen LogP contribution in [-0.2, 0) is 9.59 Å². The van der Waals surface area contributed by atoms with E-state index in [0.29, 0.717) is 12.8 Å². The Kier molecular flexibility index (Phi) is 14.1. The van der Waals surface area contributed by atoms with Crippen molar-refractivity contribution in [2.24, 2.45) is 0 Å². The minimum absolute atomic E-state index is 0.106. The Morgan fingerprint density at radius 2 is 1.41 bits per heavy atom. The molecule has 5 nitrogen and oxygen atoms in total. The van der Waals surface area contributed by atoms with Crippen LogP contribution in [0.3, 0.4) is 0 Å². The quantitative estimate of drug-likeness (QED) is 0.260. The van der Waals surface area contributed by atoms with Gasteiger partial charge >= 0.3 is 0 Å². The third-order valence-electron chi connectivity index (χ3n) is 3.85. The molecule has 0 aromatic carbocycles. The van der Waals surface area contributed by atoms with Crippen molar-refractivity contribution in [1.82, 2.24) is 10.8 Å². The van der Waals surface area contributed by atoms with Gasteiger partial charge < -0.3 is 5.32 Å². The van der Waals surface area contributed by atoms with Crippen molar-refractivity contribution in [3.8, 4) is 0 Å². The molecule has 3 N–H and O–H groups in total. The van der Waals surface area contributed by atoms with Crippen LogP contribution < -0.4 is 10.8 Å². The summed E-state index contributed by atoms with van der Waals surface area (Å²) in [7, 11) is 0. The molecule has 0 aliphatic rings. The molecule has 0 saturated carbocycles. The van der Waals surface area contributed by atoms with Crippen LogP contribution >= 0.6 is 0 Å². The van der Waals surface area contributed by atoms with Crippen LogP contribution in [0.5, 0.6) is 0 Å². The van der Waals surface area contributed by atoms with Gasteiger partial charge in [-0.05, 0) is 12.8 Å². The Balaban J connectivity index is 3.61. The van der Waals surface area contributed by atoms with E-state index < -0.39 is 11.9 Å². The molecule has 2 amide bonds. The van der Waals surface area contributed by atoms with Gasteiger partial charge in [0.05, 0.1) is 0 Å². The molecular weight excluding hydrogens is 280 g/mol. The third-order valence-corrected chi connectivity index (χ3v) is 3.85. The zero-order valence-electron chi connectivity index (χ0n) is 14.3. The topological polar surface area (TPSA) is 78.4 Å². The largest absolute Gasteiger partial charge is 0.344 e. The first kappa shape index (κ1) is 20.9. The van der Waals surface area contributed by atoms with Crippen LogP contribution in [0.15, 0.2) is 0 Å². The van der Waals surface area contributed by atoms with Gasteiger partial charge in [-0.1, -0.05) is 71.6 Å². The number of hydroxylamine groups is 1. The van der Waals surface area contributed by atoms with Crippen LogP contribution in [-0.4, -0.2) is 23.1 Å². The molecule has 0 aromatic rings. The van der Waals surface area contributed by atoms with E-state index in [4.69, 9.17) is 5.21 Å². The predicted octanol–water partition coefficient (Wildman–Crippen LogP) is 3.70. The summed E-state index contributed by atoms with van der Waals surface area (Å²) in [5.41, 5.74) is 1.61. The maximum atomic E-state index is 11.8. The first-order valence-corrected chi connectivity index (χ1v) is 8.89. The average Bonchev–Trinajstić information content (AvgIpc) is 2.52. The second kappa shape index (κ2) is 14.8. The summed E-state index contributed by atoms with van der Waals surface area (Å²) in [5.74, 6) is -0.646. The van der Waals surface area contributed by atoms with Crippen LogP contribution in [0.25, 0.3) is 0 Å². The van der Waals surface area contributed by atoms with E-state index >= 15 is 0 Å². The van der Waals surface area contributed by atoms with Gasteiger partial charge in [-0.3, -0.25) is 14.8 Å². The molecule has 0 unspecified atom stereocenters. The average molecular weight is 314 g/mol. The van der Waals surface area contributed by atoms with E-state index in [1.54, 1.807) is 5.48 Å². The number of carbonyl (C=O) groups excluding carboxylic acids is 2. The highest BCUT2D eigenvalue weighted by atomic mass is 16.5. The van der Waals surface area contributed by atoms with E-state index in [9.17, 15) is 9.59 Å². The lowest BCUT2D eigenvalue weighted by molar-refractivity contribution is -0.134. The van der Waals surface area contributed by atoms with E-state index in [-0.39, 0.29) is 5.91 Å². The molecule has 0 aliphatic heterocycles. The second-order valence-electron chi connectivity index (χ2n) is 5.96. The van der Waals surface area contributed by atoms with Crippen molar-refractivity contribution in [3.05, 3.63) is 0 Å². The number of unbranched alkanes of at least 4 members (excludes halogenated alkanes) is 8. The van der Waals surface area contributed by atoms with Crippen molar-refractivity contribution >= 4 is 11.8 Å². The molecule has 0 bridgehead atoms. The maximum Gasteiger partial charge on any atom is 0.265 e. The predicted molar refractivity (Wildman–Crippen MR) is 88.6 cm³/mol. The lowest BCUT2D eigenvalue weighted by Gasteiger charge is -2.15. The first-order chi connectivity index (χ1) is 10.7. The number of hydrogen-bond donors (Lipinski definition) is 3. The Morgan fingerprint density at radius 3 is 1.91 bits per heavy atom. The standard InChI is InChI=1S/C17H34N2O3/c1-3-5-6-7-8-9-10-11-12-14-16(20)18-15(13-4-2)17(21)19-22/h15,22H,3-14H2,1-2H3,(H,18,20)(H,19,21)/t15-/m1/s1. The smallest absolute Gasteiger partial charge is 0.265 e. The van der Waals surface area contributed by atoms with Crippen molar-refractivity contribution in [2.75, 3.05) is 0 Å². The minimum Gasteiger partial charge on any atom is -0.344 e. The second-order valence-corrected chi connectivity index (χ2v) is 5.96. The molecule has 0 radical (unpaired) electrons. The minimum atomic E-state index is -0.624. The zero-order valence-corrected chi connectivity index (χ0v) is 14.3. The summed E-state index contributed by atoms with van der Waals surface area (Å²) in [4.78, 5) is 23.2. The summed E-state index contributed by atoms with van der Waals surface area (Å²) < 4.78 is 0. The molecule has 0 aliphatic carbocycles. The molecular formula is C17H34N2O3. The number of nitrogens with one attached hydrogen (secondary N) is 2. The molecule has 0 heterocycles. The van der Waals surface area contributed by atoms with Gasteiger partial charge in [-0.15, -0.1) is 0 Å². The van der Waals surface area contributed by atoms with Crippen molar-refractivity contribution in [2.45, 2.75) is 96.9 Å². The first-order valence-electron chi connectivity index (χ1n) is 8.89. The van der Waals surface area contributed by atoms with Crippen LogP contribution in [0.4, 0.5) is 0 Å². The highest BCUT2D eigenvalue weighted by Crippen LogP contribution is 2.10. The highest BCUT2D eigenvalue weighted by Gasteiger charge is 2.18. The van der Waals surface area contributed by atoms with Gasteiger partial charge in [-0.2, -0.15) is 0 Å². The molecule has 0 rings (SSSR count). The lowest BCUT2D eigenvalue weighted by atomic mass is 10.1. The third kappa shape index (κ3) is 11.5. The fourth-order valence-electron chi connectivity index (χ4n) is 2.50. The monoisotopic (exact) mass is 314 g/mol. The highest BCUT2D eigenvalue weighted by molar-refractivity contribution is 5.86. The Morgan fingerprint density at radius 1 is 0.864 bits per heavy atom. The number of rotatable bonds is 14. The van der Waals surface area contributed by atoms with E-state index in [1.165, 1.54) is 44.9 Å². The van der Waals surface area contributed by atoms with Crippen LogP contribution in [0.1, 0.15) is 90.9 Å². The normalized spacial score (nSPS) is 12.0. The Labute approximate surface area is 135 Å². The van der Waals surface area contributed by atoms with Gasteiger partial charge in [0, 0.05) is 6.42 Å². The molecule has 130 valence electrons. The summed E-state index contributed by atoms with van der Waals surface area (Å²) >= 11 is 0. The van der Waals surface area contributed by atoms with Gasteiger partial charge in [0.15, 0.2) is 0 Å². The van der Waals surface area contributed by atoms with Gasteiger partial charge in [-0.25, -0.2) is 5.48 Å². The van der Waals surface area contributed by atoms with E-state index in [0.717, 1.165) is 19.3 Å². The molecule has 0 aromatic heterocycles. The fraction of sp³-hybridized carbons (Fsp3) is 0.882. The summed E-state index contributed by atoms with van der Waals surface area (Å²) in [6.45, 7) is 4.16. The number of carbonyl (C=O) groups is 2. The summed E-state index contributed by atoms with van der Waals surface area (Å²) in [6, 6.07) is -0.624. The number of amides is 2. The van der Waals surface area contributed by atoms with E-state index in [2.05, 4.69) is 12.2 Å². The molecule has 22 heavy (non-hydrogen) atoms. The van der Waals surface area contributed by atoms with Gasteiger partial charge in [0.2, 0.25) is 5.91 Å². The molecule has 1 atom stereocenters. The number of hydrogen-bond acceptors (Lipinski definition) is 3. The molecule has 0 spiro atoms. The molecule has 0 fully saturated rings. The van der Waals surface area contributed by atoms with Crippen molar-refractivity contribution in [1.29, 1.82) is 0 Å². The lowest BCUT2D eigenvalue weighted by Crippen LogP contribution is -2.45. The summed E-state index contributed by atoms with van der Waals surface area (Å²) in [6.07, 6.45) is 12.7.